The lowest BCUT2D eigenvalue weighted by Gasteiger charge is -2.16. The summed E-state index contributed by atoms with van der Waals surface area (Å²) in [6, 6.07) is 6.53. The third-order valence-corrected chi connectivity index (χ3v) is 3.08. The maximum atomic E-state index is 5.33. The Hall–Kier alpha value is -1.10. The van der Waals surface area contributed by atoms with E-state index in [0.29, 0.717) is 12.6 Å². The highest BCUT2D eigenvalue weighted by Crippen LogP contribution is 2.23. The predicted molar refractivity (Wildman–Crippen MR) is 76.6 cm³/mol. The van der Waals surface area contributed by atoms with E-state index < -0.39 is 0 Å². The molecule has 1 aromatic carbocycles. The molecule has 108 valence electrons. The highest BCUT2D eigenvalue weighted by molar-refractivity contribution is 5.38. The Kier molecular flexibility index (Phi) is 7.48. The minimum atomic E-state index is 0.304. The van der Waals surface area contributed by atoms with Crippen molar-refractivity contribution in [2.24, 2.45) is 0 Å². The van der Waals surface area contributed by atoms with Gasteiger partial charge in [-0.1, -0.05) is 6.07 Å². The van der Waals surface area contributed by atoms with Crippen molar-refractivity contribution in [2.45, 2.75) is 26.0 Å². The van der Waals surface area contributed by atoms with Crippen LogP contribution >= 0.6 is 0 Å². The summed E-state index contributed by atoms with van der Waals surface area (Å²) in [7, 11) is 5.10. The second kappa shape index (κ2) is 8.91. The molecule has 0 saturated carbocycles. The highest BCUT2D eigenvalue weighted by atomic mass is 16.5. The van der Waals surface area contributed by atoms with Crippen LogP contribution in [0.4, 0.5) is 0 Å². The van der Waals surface area contributed by atoms with Gasteiger partial charge in [0.1, 0.15) is 5.75 Å². The van der Waals surface area contributed by atoms with Crippen molar-refractivity contribution in [2.75, 3.05) is 34.5 Å². The van der Waals surface area contributed by atoms with Gasteiger partial charge in [-0.2, -0.15) is 0 Å². The van der Waals surface area contributed by atoms with Gasteiger partial charge in [-0.25, -0.2) is 0 Å². The second-order valence-electron chi connectivity index (χ2n) is 4.53. The Morgan fingerprint density at radius 2 is 1.95 bits per heavy atom. The van der Waals surface area contributed by atoms with Gasteiger partial charge in [0.15, 0.2) is 0 Å². The number of ether oxygens (including phenoxy) is 3. The van der Waals surface area contributed by atoms with E-state index >= 15 is 0 Å². The molecule has 0 fully saturated rings. The Bertz CT molecular complexity index is 368. The van der Waals surface area contributed by atoms with Crippen LogP contribution in [-0.2, 0) is 16.1 Å². The molecule has 1 rings (SSSR count). The van der Waals surface area contributed by atoms with Crippen LogP contribution in [0.3, 0.4) is 0 Å². The summed E-state index contributed by atoms with van der Waals surface area (Å²) in [5.74, 6) is 0.872. The number of benzene rings is 1. The minimum Gasteiger partial charge on any atom is -0.496 e. The molecule has 4 heteroatoms. The summed E-state index contributed by atoms with van der Waals surface area (Å²) in [5, 5.41) is 3.48. The van der Waals surface area contributed by atoms with Gasteiger partial charge in [0.05, 0.1) is 13.7 Å². The molecule has 0 bridgehead atoms. The van der Waals surface area contributed by atoms with E-state index in [2.05, 4.69) is 24.4 Å². The summed E-state index contributed by atoms with van der Waals surface area (Å²) in [6.45, 7) is 4.45. The Balaban J connectivity index is 2.63. The zero-order valence-corrected chi connectivity index (χ0v) is 12.4. The Morgan fingerprint density at radius 3 is 2.58 bits per heavy atom. The first-order valence-corrected chi connectivity index (χ1v) is 6.61. The molecule has 0 heterocycles. The highest BCUT2D eigenvalue weighted by Gasteiger charge is 2.09. The van der Waals surface area contributed by atoms with Gasteiger partial charge in [-0.15, -0.1) is 0 Å². The van der Waals surface area contributed by atoms with Crippen LogP contribution in [0, 0.1) is 0 Å². The number of hydrogen-bond donors (Lipinski definition) is 1. The first-order valence-electron chi connectivity index (χ1n) is 6.61. The lowest BCUT2D eigenvalue weighted by molar-refractivity contribution is 0.181. The average Bonchev–Trinajstić information content (AvgIpc) is 2.43. The van der Waals surface area contributed by atoms with Crippen LogP contribution in [0.1, 0.15) is 30.5 Å². The van der Waals surface area contributed by atoms with E-state index in [1.165, 1.54) is 5.56 Å². The largest absolute Gasteiger partial charge is 0.496 e. The lowest BCUT2D eigenvalue weighted by atomic mass is 10.0. The van der Waals surface area contributed by atoms with Crippen molar-refractivity contribution >= 4 is 0 Å². The molecule has 0 aliphatic carbocycles. The molecule has 0 saturated heterocycles. The molecular formula is C15H25NO3. The van der Waals surface area contributed by atoms with Crippen LogP contribution in [-0.4, -0.2) is 34.5 Å². The van der Waals surface area contributed by atoms with Gasteiger partial charge in [-0.05, 0) is 37.6 Å². The van der Waals surface area contributed by atoms with Crippen LogP contribution < -0.4 is 10.1 Å². The quantitative estimate of drug-likeness (QED) is 0.698. The zero-order valence-electron chi connectivity index (χ0n) is 12.4. The molecule has 1 aromatic rings. The van der Waals surface area contributed by atoms with Gasteiger partial charge in [-0.3, -0.25) is 0 Å². The van der Waals surface area contributed by atoms with E-state index in [1.54, 1.807) is 21.3 Å². The smallest absolute Gasteiger partial charge is 0.124 e. The number of nitrogens with one attached hydrogen (secondary N) is 1. The number of hydrogen-bond acceptors (Lipinski definition) is 4. The first kappa shape index (κ1) is 16.0. The second-order valence-corrected chi connectivity index (χ2v) is 4.53. The molecule has 0 aliphatic rings. The van der Waals surface area contributed by atoms with Crippen LogP contribution in [0.15, 0.2) is 18.2 Å². The summed E-state index contributed by atoms with van der Waals surface area (Å²) in [4.78, 5) is 0. The fourth-order valence-electron chi connectivity index (χ4n) is 1.99. The van der Waals surface area contributed by atoms with Crippen molar-refractivity contribution < 1.29 is 14.2 Å². The molecule has 0 amide bonds. The molecular weight excluding hydrogens is 242 g/mol. The molecule has 1 unspecified atom stereocenters. The van der Waals surface area contributed by atoms with Gasteiger partial charge in [0, 0.05) is 32.4 Å². The van der Waals surface area contributed by atoms with Crippen molar-refractivity contribution in [3.05, 3.63) is 29.3 Å². The van der Waals surface area contributed by atoms with Crippen molar-refractivity contribution in [1.82, 2.24) is 5.32 Å². The van der Waals surface area contributed by atoms with Crippen molar-refractivity contribution in [3.63, 3.8) is 0 Å². The average molecular weight is 267 g/mol. The predicted octanol–water partition coefficient (Wildman–Crippen LogP) is 2.53. The van der Waals surface area contributed by atoms with E-state index in [-0.39, 0.29) is 0 Å². The van der Waals surface area contributed by atoms with Gasteiger partial charge >= 0.3 is 0 Å². The molecule has 0 aromatic heterocycles. The standard InChI is InChI=1S/C15H25NO3/c1-12(16-8-5-9-17-2)13-6-7-15(19-4)14(10-13)11-18-3/h6-7,10,12,16H,5,8-9,11H2,1-4H3. The Labute approximate surface area is 116 Å². The topological polar surface area (TPSA) is 39.7 Å². The van der Waals surface area contributed by atoms with Gasteiger partial charge < -0.3 is 19.5 Å². The van der Waals surface area contributed by atoms with Crippen LogP contribution in [0.25, 0.3) is 0 Å². The van der Waals surface area contributed by atoms with Crippen molar-refractivity contribution in [3.8, 4) is 5.75 Å². The fourth-order valence-corrected chi connectivity index (χ4v) is 1.99. The third kappa shape index (κ3) is 5.19. The normalized spacial score (nSPS) is 12.4. The molecule has 0 radical (unpaired) electrons. The summed E-state index contributed by atoms with van der Waals surface area (Å²) >= 11 is 0. The monoisotopic (exact) mass is 267 g/mol. The summed E-state index contributed by atoms with van der Waals surface area (Å²) in [5.41, 5.74) is 2.32. The number of methoxy groups -OCH3 is 3. The molecule has 19 heavy (non-hydrogen) atoms. The van der Waals surface area contributed by atoms with E-state index in [0.717, 1.165) is 30.9 Å². The molecule has 4 nitrogen and oxygen atoms in total. The zero-order chi connectivity index (χ0) is 14.1. The molecule has 1 atom stereocenters. The molecule has 0 spiro atoms. The summed E-state index contributed by atoms with van der Waals surface area (Å²) in [6.07, 6.45) is 1.02. The van der Waals surface area contributed by atoms with Gasteiger partial charge in [0.2, 0.25) is 0 Å². The van der Waals surface area contributed by atoms with Crippen molar-refractivity contribution in [1.29, 1.82) is 0 Å². The lowest BCUT2D eigenvalue weighted by Crippen LogP contribution is -2.21. The summed E-state index contributed by atoms with van der Waals surface area (Å²) < 4.78 is 15.6. The van der Waals surface area contributed by atoms with E-state index in [1.807, 2.05) is 6.07 Å². The van der Waals surface area contributed by atoms with Crippen LogP contribution in [0.5, 0.6) is 5.75 Å². The molecule has 0 aliphatic heterocycles. The minimum absolute atomic E-state index is 0.304. The molecule has 1 N–H and O–H groups in total. The fraction of sp³-hybridized carbons (Fsp3) is 0.600. The first-order chi connectivity index (χ1) is 9.22. The SMILES string of the molecule is COCCCNC(C)c1ccc(OC)c(COC)c1. The third-order valence-electron chi connectivity index (χ3n) is 3.08. The maximum Gasteiger partial charge on any atom is 0.124 e. The number of rotatable bonds is 9. The van der Waals surface area contributed by atoms with E-state index in [9.17, 15) is 0 Å². The Morgan fingerprint density at radius 1 is 1.16 bits per heavy atom. The van der Waals surface area contributed by atoms with Crippen LogP contribution in [0.2, 0.25) is 0 Å². The maximum absolute atomic E-state index is 5.33. The van der Waals surface area contributed by atoms with Gasteiger partial charge in [0.25, 0.3) is 0 Å². The van der Waals surface area contributed by atoms with E-state index in [4.69, 9.17) is 14.2 Å².